The third-order valence-electron chi connectivity index (χ3n) is 5.11. The van der Waals surface area contributed by atoms with E-state index in [9.17, 15) is 0 Å². The van der Waals surface area contributed by atoms with Gasteiger partial charge in [0.25, 0.3) is 0 Å². The first kappa shape index (κ1) is 14.6. The highest BCUT2D eigenvalue weighted by molar-refractivity contribution is 5.83. The first-order valence-corrected chi connectivity index (χ1v) is 8.22. The van der Waals surface area contributed by atoms with Gasteiger partial charge in [-0.25, -0.2) is 0 Å². The lowest BCUT2D eigenvalue weighted by atomic mass is 9.87. The molecule has 2 N–H and O–H groups in total. The molecule has 0 bridgehead atoms. The van der Waals surface area contributed by atoms with Gasteiger partial charge in [0, 0.05) is 36.7 Å². The fourth-order valence-electron chi connectivity index (χ4n) is 3.63. The molecule has 21 heavy (non-hydrogen) atoms. The average molecular weight is 285 g/mol. The number of hydrogen-bond acceptors (Lipinski definition) is 2. The summed E-state index contributed by atoms with van der Waals surface area (Å²) in [4.78, 5) is 2.58. The van der Waals surface area contributed by atoms with Gasteiger partial charge in [-0.3, -0.25) is 4.90 Å². The molecule has 3 nitrogen and oxygen atoms in total. The molecule has 2 unspecified atom stereocenters. The Kier molecular flexibility index (Phi) is 4.32. The van der Waals surface area contributed by atoms with Crippen molar-refractivity contribution in [2.24, 2.45) is 17.6 Å². The Morgan fingerprint density at radius 1 is 1.29 bits per heavy atom. The molecular formula is C18H27N3. The minimum absolute atomic E-state index is 0.651. The van der Waals surface area contributed by atoms with Gasteiger partial charge in [0.05, 0.1) is 0 Å². The monoisotopic (exact) mass is 285 g/mol. The third-order valence-corrected chi connectivity index (χ3v) is 5.11. The van der Waals surface area contributed by atoms with Crippen molar-refractivity contribution in [1.29, 1.82) is 0 Å². The van der Waals surface area contributed by atoms with E-state index >= 15 is 0 Å². The molecule has 0 aliphatic carbocycles. The van der Waals surface area contributed by atoms with Gasteiger partial charge in [0.2, 0.25) is 0 Å². The molecule has 1 aliphatic heterocycles. The number of piperidine rings is 1. The van der Waals surface area contributed by atoms with Crippen LogP contribution < -0.4 is 5.73 Å². The predicted octanol–water partition coefficient (Wildman–Crippen LogP) is 3.08. The van der Waals surface area contributed by atoms with E-state index in [4.69, 9.17) is 5.73 Å². The minimum atomic E-state index is 0.651. The van der Waals surface area contributed by atoms with Crippen molar-refractivity contribution in [3.8, 4) is 0 Å². The lowest BCUT2D eigenvalue weighted by molar-refractivity contribution is 0.126. The highest BCUT2D eigenvalue weighted by Crippen LogP contribution is 2.27. The third kappa shape index (κ3) is 2.85. The largest absolute Gasteiger partial charge is 0.347 e. The summed E-state index contributed by atoms with van der Waals surface area (Å²) in [6.45, 7) is 9.79. The molecular weight excluding hydrogens is 258 g/mol. The first-order chi connectivity index (χ1) is 10.2. The number of fused-ring (bicyclic) bond motifs is 1. The van der Waals surface area contributed by atoms with Gasteiger partial charge in [0.1, 0.15) is 0 Å². The number of hydrogen-bond donors (Lipinski definition) is 1. The molecule has 2 heterocycles. The first-order valence-electron chi connectivity index (χ1n) is 8.22. The number of aryl methyl sites for hydroxylation is 1. The molecule has 2 aromatic rings. The maximum atomic E-state index is 5.93. The van der Waals surface area contributed by atoms with E-state index in [0.29, 0.717) is 5.92 Å². The number of nitrogens with two attached hydrogens (primary N) is 1. The van der Waals surface area contributed by atoms with Gasteiger partial charge in [-0.15, -0.1) is 0 Å². The van der Waals surface area contributed by atoms with Crippen molar-refractivity contribution in [3.63, 3.8) is 0 Å². The summed E-state index contributed by atoms with van der Waals surface area (Å²) in [5, 5.41) is 1.40. The van der Waals surface area contributed by atoms with Gasteiger partial charge < -0.3 is 10.3 Å². The molecule has 3 heteroatoms. The summed E-state index contributed by atoms with van der Waals surface area (Å²) in [7, 11) is 0. The number of para-hydroxylation sites is 1. The van der Waals surface area contributed by atoms with E-state index in [2.05, 4.69) is 53.8 Å². The predicted molar refractivity (Wildman–Crippen MR) is 89.2 cm³/mol. The summed E-state index contributed by atoms with van der Waals surface area (Å²) < 4.78 is 2.36. The van der Waals surface area contributed by atoms with Crippen LogP contribution >= 0.6 is 0 Å². The second-order valence-electron chi connectivity index (χ2n) is 6.45. The summed E-state index contributed by atoms with van der Waals surface area (Å²) in [6.07, 6.45) is 3.61. The number of benzene rings is 1. The van der Waals surface area contributed by atoms with Crippen LogP contribution in [0.1, 0.15) is 25.8 Å². The van der Waals surface area contributed by atoms with Crippen LogP contribution in [0.25, 0.3) is 10.9 Å². The van der Waals surface area contributed by atoms with Crippen LogP contribution in [0.15, 0.2) is 30.5 Å². The van der Waals surface area contributed by atoms with E-state index in [1.54, 1.807) is 0 Å². The lowest BCUT2D eigenvalue weighted by Gasteiger charge is -2.36. The smallest absolute Gasteiger partial charge is 0.0483 e. The average Bonchev–Trinajstić information content (AvgIpc) is 2.87. The molecule has 1 aromatic carbocycles. The second-order valence-corrected chi connectivity index (χ2v) is 6.45. The highest BCUT2D eigenvalue weighted by Gasteiger charge is 2.25. The fraction of sp³-hybridized carbons (Fsp3) is 0.556. The highest BCUT2D eigenvalue weighted by atomic mass is 15.1. The number of likely N-dealkylation sites (tertiary alicyclic amines) is 1. The standard InChI is InChI=1S/C18H27N3/c1-3-21-13-16(17-6-4-5-7-18(17)21)12-20-9-8-14(2)15(10-19)11-20/h4-7,13-15H,3,8-12,19H2,1-2H3. The van der Waals surface area contributed by atoms with Gasteiger partial charge in [0.15, 0.2) is 0 Å². The second kappa shape index (κ2) is 6.20. The molecule has 1 aliphatic rings. The van der Waals surface area contributed by atoms with Crippen LogP contribution in [-0.2, 0) is 13.1 Å². The van der Waals surface area contributed by atoms with Crippen molar-refractivity contribution >= 4 is 10.9 Å². The Bertz CT molecular complexity index is 602. The number of rotatable bonds is 4. The topological polar surface area (TPSA) is 34.2 Å². The summed E-state index contributed by atoms with van der Waals surface area (Å²) in [5.41, 5.74) is 8.75. The van der Waals surface area contributed by atoms with Crippen molar-refractivity contribution in [2.75, 3.05) is 19.6 Å². The van der Waals surface area contributed by atoms with Crippen LogP contribution in [0, 0.1) is 11.8 Å². The maximum absolute atomic E-state index is 5.93. The molecule has 1 aromatic heterocycles. The van der Waals surface area contributed by atoms with Gasteiger partial charge >= 0.3 is 0 Å². The molecule has 0 saturated carbocycles. The molecule has 3 rings (SSSR count). The maximum Gasteiger partial charge on any atom is 0.0483 e. The minimum Gasteiger partial charge on any atom is -0.347 e. The zero-order chi connectivity index (χ0) is 14.8. The quantitative estimate of drug-likeness (QED) is 0.936. The molecule has 1 saturated heterocycles. The van der Waals surface area contributed by atoms with E-state index in [-0.39, 0.29) is 0 Å². The Hall–Kier alpha value is -1.32. The fourth-order valence-corrected chi connectivity index (χ4v) is 3.63. The summed E-state index contributed by atoms with van der Waals surface area (Å²) in [5.74, 6) is 1.42. The van der Waals surface area contributed by atoms with E-state index < -0.39 is 0 Å². The van der Waals surface area contributed by atoms with E-state index in [1.165, 1.54) is 29.4 Å². The van der Waals surface area contributed by atoms with Crippen molar-refractivity contribution < 1.29 is 0 Å². The van der Waals surface area contributed by atoms with Crippen molar-refractivity contribution in [2.45, 2.75) is 33.4 Å². The molecule has 0 spiro atoms. The molecule has 1 fully saturated rings. The van der Waals surface area contributed by atoms with Crippen LogP contribution in [0.3, 0.4) is 0 Å². The lowest BCUT2D eigenvalue weighted by Crippen LogP contribution is -2.42. The van der Waals surface area contributed by atoms with Gasteiger partial charge in [-0.2, -0.15) is 0 Å². The Morgan fingerprint density at radius 3 is 2.86 bits per heavy atom. The zero-order valence-electron chi connectivity index (χ0n) is 13.3. The molecule has 0 amide bonds. The Labute approximate surface area is 127 Å². The number of aromatic nitrogens is 1. The molecule has 0 radical (unpaired) electrons. The van der Waals surface area contributed by atoms with Crippen LogP contribution in [0.5, 0.6) is 0 Å². The number of nitrogens with zero attached hydrogens (tertiary/aromatic N) is 2. The van der Waals surface area contributed by atoms with Crippen molar-refractivity contribution in [3.05, 3.63) is 36.0 Å². The normalized spacial score (nSPS) is 23.8. The Morgan fingerprint density at radius 2 is 2.10 bits per heavy atom. The molecule has 2 atom stereocenters. The van der Waals surface area contributed by atoms with E-state index in [0.717, 1.165) is 32.1 Å². The zero-order valence-corrected chi connectivity index (χ0v) is 13.3. The van der Waals surface area contributed by atoms with E-state index in [1.807, 2.05) is 0 Å². The Balaban J connectivity index is 1.82. The van der Waals surface area contributed by atoms with Crippen LogP contribution in [0.4, 0.5) is 0 Å². The van der Waals surface area contributed by atoms with Gasteiger partial charge in [-0.05, 0) is 49.9 Å². The molecule has 114 valence electrons. The van der Waals surface area contributed by atoms with Gasteiger partial charge in [-0.1, -0.05) is 25.1 Å². The summed E-state index contributed by atoms with van der Waals surface area (Å²) >= 11 is 0. The SMILES string of the molecule is CCn1cc(CN2CCC(C)C(CN)C2)c2ccccc21. The summed E-state index contributed by atoms with van der Waals surface area (Å²) in [6, 6.07) is 8.76. The van der Waals surface area contributed by atoms with Crippen LogP contribution in [-0.4, -0.2) is 29.1 Å². The van der Waals surface area contributed by atoms with Crippen molar-refractivity contribution in [1.82, 2.24) is 9.47 Å². The van der Waals surface area contributed by atoms with Crippen LogP contribution in [0.2, 0.25) is 0 Å².